The molecule has 0 atom stereocenters. The summed E-state index contributed by atoms with van der Waals surface area (Å²) in [6.07, 6.45) is 3.54. The molecule has 148 valence electrons. The van der Waals surface area contributed by atoms with Crippen LogP contribution in [0.5, 0.6) is 11.5 Å². The third kappa shape index (κ3) is 5.06. The number of piperazine rings is 1. The first-order valence-electron chi connectivity index (χ1n) is 9.68. The van der Waals surface area contributed by atoms with Crippen LogP contribution in [0.4, 0.5) is 5.69 Å². The van der Waals surface area contributed by atoms with Crippen LogP contribution < -0.4 is 14.4 Å². The minimum atomic E-state index is 0.0363. The lowest BCUT2D eigenvalue weighted by Gasteiger charge is -2.35. The van der Waals surface area contributed by atoms with E-state index in [4.69, 9.17) is 9.47 Å². The number of amides is 1. The van der Waals surface area contributed by atoms with Crippen molar-refractivity contribution in [3.05, 3.63) is 60.2 Å². The van der Waals surface area contributed by atoms with Gasteiger partial charge in [0.25, 0.3) is 0 Å². The minimum Gasteiger partial charge on any atom is -0.493 e. The summed E-state index contributed by atoms with van der Waals surface area (Å²) in [5, 5.41) is 0. The Morgan fingerprint density at radius 2 is 1.71 bits per heavy atom. The van der Waals surface area contributed by atoms with Crippen LogP contribution in [-0.4, -0.2) is 50.2 Å². The van der Waals surface area contributed by atoms with Crippen molar-refractivity contribution >= 4 is 17.7 Å². The smallest absolute Gasteiger partial charge is 0.246 e. The molecule has 5 heteroatoms. The quantitative estimate of drug-likeness (QED) is 0.714. The summed E-state index contributed by atoms with van der Waals surface area (Å²) < 4.78 is 11.1. The normalized spacial score (nSPS) is 14.6. The van der Waals surface area contributed by atoms with E-state index in [1.54, 1.807) is 13.2 Å². The Bertz CT molecular complexity index is 810. The van der Waals surface area contributed by atoms with Crippen LogP contribution in [0.15, 0.2) is 54.6 Å². The van der Waals surface area contributed by atoms with Gasteiger partial charge in [0, 0.05) is 37.9 Å². The van der Waals surface area contributed by atoms with E-state index in [2.05, 4.69) is 17.0 Å². The number of benzene rings is 2. The molecule has 0 bridgehead atoms. The Balaban J connectivity index is 1.58. The Hall–Kier alpha value is -2.95. The summed E-state index contributed by atoms with van der Waals surface area (Å²) in [4.78, 5) is 16.7. The molecule has 0 aliphatic carbocycles. The topological polar surface area (TPSA) is 42.0 Å². The SMILES string of the molecule is COc1cc(/C=C/C(=O)N2CCN(c3ccccc3)CC2)ccc1OC(C)C. The van der Waals surface area contributed by atoms with Gasteiger partial charge >= 0.3 is 0 Å². The number of hydrogen-bond donors (Lipinski definition) is 0. The van der Waals surface area contributed by atoms with Gasteiger partial charge in [0.1, 0.15) is 0 Å². The summed E-state index contributed by atoms with van der Waals surface area (Å²) in [5.74, 6) is 1.41. The van der Waals surface area contributed by atoms with Crippen molar-refractivity contribution in [1.82, 2.24) is 4.90 Å². The molecule has 1 saturated heterocycles. The summed E-state index contributed by atoms with van der Waals surface area (Å²) in [7, 11) is 1.62. The largest absolute Gasteiger partial charge is 0.493 e. The van der Waals surface area contributed by atoms with Gasteiger partial charge in [-0.25, -0.2) is 0 Å². The Morgan fingerprint density at radius 1 is 1.00 bits per heavy atom. The Labute approximate surface area is 167 Å². The third-order valence-electron chi connectivity index (χ3n) is 4.68. The highest BCUT2D eigenvalue weighted by molar-refractivity contribution is 5.92. The van der Waals surface area contributed by atoms with Crippen molar-refractivity contribution in [3.63, 3.8) is 0 Å². The average Bonchev–Trinajstić information content (AvgIpc) is 2.73. The van der Waals surface area contributed by atoms with Gasteiger partial charge in [0.15, 0.2) is 11.5 Å². The number of para-hydroxylation sites is 1. The van der Waals surface area contributed by atoms with Gasteiger partial charge in [-0.2, -0.15) is 0 Å². The predicted octanol–water partition coefficient (Wildman–Crippen LogP) is 3.84. The van der Waals surface area contributed by atoms with E-state index in [9.17, 15) is 4.79 Å². The first-order chi connectivity index (χ1) is 13.6. The maximum absolute atomic E-state index is 12.5. The molecule has 0 spiro atoms. The van der Waals surface area contributed by atoms with Crippen molar-refractivity contribution < 1.29 is 14.3 Å². The van der Waals surface area contributed by atoms with E-state index in [0.29, 0.717) is 11.5 Å². The van der Waals surface area contributed by atoms with E-state index in [0.717, 1.165) is 31.7 Å². The fourth-order valence-corrected chi connectivity index (χ4v) is 3.24. The third-order valence-corrected chi connectivity index (χ3v) is 4.68. The van der Waals surface area contributed by atoms with Gasteiger partial charge < -0.3 is 19.3 Å². The maximum Gasteiger partial charge on any atom is 0.246 e. The van der Waals surface area contributed by atoms with E-state index in [1.165, 1.54) is 5.69 Å². The average molecular weight is 380 g/mol. The molecule has 1 aliphatic heterocycles. The van der Waals surface area contributed by atoms with Crippen LogP contribution in [0.25, 0.3) is 6.08 Å². The van der Waals surface area contributed by atoms with E-state index >= 15 is 0 Å². The molecule has 1 amide bonds. The number of carbonyl (C=O) groups excluding carboxylic acids is 1. The van der Waals surface area contributed by atoms with E-state index < -0.39 is 0 Å². The number of methoxy groups -OCH3 is 1. The summed E-state index contributed by atoms with van der Waals surface area (Å²) in [6.45, 7) is 7.09. The molecule has 1 heterocycles. The number of ether oxygens (including phenoxy) is 2. The lowest BCUT2D eigenvalue weighted by molar-refractivity contribution is -0.126. The molecule has 0 unspecified atom stereocenters. The highest BCUT2D eigenvalue weighted by atomic mass is 16.5. The van der Waals surface area contributed by atoms with Gasteiger partial charge in [0.05, 0.1) is 13.2 Å². The number of nitrogens with zero attached hydrogens (tertiary/aromatic N) is 2. The highest BCUT2D eigenvalue weighted by Gasteiger charge is 2.19. The van der Waals surface area contributed by atoms with Gasteiger partial charge in [-0.1, -0.05) is 24.3 Å². The van der Waals surface area contributed by atoms with Crippen molar-refractivity contribution in [3.8, 4) is 11.5 Å². The molecule has 0 N–H and O–H groups in total. The molecule has 2 aromatic rings. The lowest BCUT2D eigenvalue weighted by Crippen LogP contribution is -2.48. The van der Waals surface area contributed by atoms with E-state index in [-0.39, 0.29) is 12.0 Å². The van der Waals surface area contributed by atoms with Crippen LogP contribution >= 0.6 is 0 Å². The van der Waals surface area contributed by atoms with Crippen molar-refractivity contribution in [1.29, 1.82) is 0 Å². The van der Waals surface area contributed by atoms with E-state index in [1.807, 2.05) is 61.2 Å². The summed E-state index contributed by atoms with van der Waals surface area (Å²) >= 11 is 0. The fraction of sp³-hybridized carbons (Fsp3) is 0.348. The first kappa shape index (κ1) is 19.8. The van der Waals surface area contributed by atoms with Crippen molar-refractivity contribution in [2.45, 2.75) is 20.0 Å². The Morgan fingerprint density at radius 3 is 2.36 bits per heavy atom. The summed E-state index contributed by atoms with van der Waals surface area (Å²) in [6, 6.07) is 16.0. The number of hydrogen-bond acceptors (Lipinski definition) is 4. The van der Waals surface area contributed by atoms with Gasteiger partial charge in [0.2, 0.25) is 5.91 Å². The second kappa shape index (κ2) is 9.31. The second-order valence-electron chi connectivity index (χ2n) is 7.06. The van der Waals surface area contributed by atoms with Gasteiger partial charge in [-0.05, 0) is 49.8 Å². The van der Waals surface area contributed by atoms with Crippen LogP contribution in [0, 0.1) is 0 Å². The summed E-state index contributed by atoms with van der Waals surface area (Å²) in [5.41, 5.74) is 2.12. The zero-order valence-electron chi connectivity index (χ0n) is 16.8. The minimum absolute atomic E-state index is 0.0363. The van der Waals surface area contributed by atoms with Gasteiger partial charge in [-0.3, -0.25) is 4.79 Å². The fourth-order valence-electron chi connectivity index (χ4n) is 3.24. The molecule has 0 radical (unpaired) electrons. The monoisotopic (exact) mass is 380 g/mol. The molecule has 0 saturated carbocycles. The zero-order valence-corrected chi connectivity index (χ0v) is 16.8. The number of anilines is 1. The predicted molar refractivity (Wildman–Crippen MR) is 113 cm³/mol. The van der Waals surface area contributed by atoms with Crippen LogP contribution in [0.1, 0.15) is 19.4 Å². The van der Waals surface area contributed by atoms with Crippen LogP contribution in [-0.2, 0) is 4.79 Å². The molecule has 1 fully saturated rings. The molecular weight excluding hydrogens is 352 g/mol. The molecular formula is C23H28N2O3. The number of carbonyl (C=O) groups is 1. The standard InChI is InChI=1S/C23H28N2O3/c1-18(2)28-21-11-9-19(17-22(21)27-3)10-12-23(26)25-15-13-24(14-16-25)20-7-5-4-6-8-20/h4-12,17-18H,13-16H2,1-3H3/b12-10+. The lowest BCUT2D eigenvalue weighted by atomic mass is 10.1. The van der Waals surface area contributed by atoms with Crippen LogP contribution in [0.3, 0.4) is 0 Å². The molecule has 28 heavy (non-hydrogen) atoms. The number of rotatable bonds is 6. The maximum atomic E-state index is 12.5. The highest BCUT2D eigenvalue weighted by Crippen LogP contribution is 2.29. The second-order valence-corrected chi connectivity index (χ2v) is 7.06. The molecule has 5 nitrogen and oxygen atoms in total. The van der Waals surface area contributed by atoms with Gasteiger partial charge in [-0.15, -0.1) is 0 Å². The Kier molecular flexibility index (Phi) is 6.58. The van der Waals surface area contributed by atoms with Crippen molar-refractivity contribution in [2.24, 2.45) is 0 Å². The molecule has 3 rings (SSSR count). The van der Waals surface area contributed by atoms with Crippen LogP contribution in [0.2, 0.25) is 0 Å². The molecule has 1 aliphatic rings. The molecule has 0 aromatic heterocycles. The first-order valence-corrected chi connectivity index (χ1v) is 9.68. The van der Waals surface area contributed by atoms with Crippen molar-refractivity contribution in [2.75, 3.05) is 38.2 Å². The zero-order chi connectivity index (χ0) is 19.9. The molecule has 2 aromatic carbocycles.